The SMILES string of the molecule is C=C(C)C(=O)NC1CCN(C)CC1. The zero-order chi connectivity index (χ0) is 9.84. The number of carbonyl (C=O) groups is 1. The maximum absolute atomic E-state index is 11.3. The van der Waals surface area contributed by atoms with E-state index in [-0.39, 0.29) is 5.91 Å². The highest BCUT2D eigenvalue weighted by Gasteiger charge is 2.18. The van der Waals surface area contributed by atoms with Gasteiger partial charge in [0, 0.05) is 11.6 Å². The van der Waals surface area contributed by atoms with E-state index in [0.29, 0.717) is 11.6 Å². The maximum Gasteiger partial charge on any atom is 0.246 e. The second-order valence-corrected chi connectivity index (χ2v) is 3.83. The van der Waals surface area contributed by atoms with Crippen molar-refractivity contribution in [1.29, 1.82) is 0 Å². The van der Waals surface area contributed by atoms with Crippen molar-refractivity contribution in [2.75, 3.05) is 20.1 Å². The molecule has 0 unspecified atom stereocenters. The molecule has 0 atom stereocenters. The second kappa shape index (κ2) is 4.42. The van der Waals surface area contributed by atoms with Gasteiger partial charge in [-0.3, -0.25) is 4.79 Å². The summed E-state index contributed by atoms with van der Waals surface area (Å²) in [7, 11) is 2.11. The van der Waals surface area contributed by atoms with E-state index in [1.807, 2.05) is 0 Å². The van der Waals surface area contributed by atoms with Gasteiger partial charge in [-0.25, -0.2) is 0 Å². The van der Waals surface area contributed by atoms with Crippen LogP contribution >= 0.6 is 0 Å². The molecule has 0 aromatic rings. The summed E-state index contributed by atoms with van der Waals surface area (Å²) in [5, 5.41) is 2.97. The monoisotopic (exact) mass is 182 g/mol. The number of nitrogens with zero attached hydrogens (tertiary/aromatic N) is 1. The van der Waals surface area contributed by atoms with Gasteiger partial charge in [0.25, 0.3) is 0 Å². The van der Waals surface area contributed by atoms with Gasteiger partial charge in [-0.1, -0.05) is 6.58 Å². The molecular weight excluding hydrogens is 164 g/mol. The van der Waals surface area contributed by atoms with Gasteiger partial charge >= 0.3 is 0 Å². The normalized spacial score (nSPS) is 19.8. The van der Waals surface area contributed by atoms with Crippen molar-refractivity contribution >= 4 is 5.91 Å². The van der Waals surface area contributed by atoms with E-state index in [1.165, 1.54) is 0 Å². The summed E-state index contributed by atoms with van der Waals surface area (Å²) in [5.74, 6) is -0.00504. The molecule has 3 heteroatoms. The highest BCUT2D eigenvalue weighted by atomic mass is 16.1. The second-order valence-electron chi connectivity index (χ2n) is 3.83. The molecule has 1 N–H and O–H groups in total. The van der Waals surface area contributed by atoms with Gasteiger partial charge in [0.05, 0.1) is 0 Å². The molecule has 0 aromatic heterocycles. The van der Waals surface area contributed by atoms with Crippen molar-refractivity contribution in [2.24, 2.45) is 0 Å². The highest BCUT2D eigenvalue weighted by molar-refractivity contribution is 5.92. The van der Waals surface area contributed by atoms with Gasteiger partial charge in [0.1, 0.15) is 0 Å². The first-order chi connectivity index (χ1) is 6.09. The van der Waals surface area contributed by atoms with Crippen LogP contribution in [0.2, 0.25) is 0 Å². The first kappa shape index (κ1) is 10.3. The fraction of sp³-hybridized carbons (Fsp3) is 0.700. The van der Waals surface area contributed by atoms with Gasteiger partial charge < -0.3 is 10.2 Å². The predicted molar refractivity (Wildman–Crippen MR) is 53.5 cm³/mol. The van der Waals surface area contributed by atoms with E-state index in [2.05, 4.69) is 23.8 Å². The van der Waals surface area contributed by atoms with Crippen molar-refractivity contribution in [3.63, 3.8) is 0 Å². The molecule has 1 saturated heterocycles. The van der Waals surface area contributed by atoms with Gasteiger partial charge in [-0.05, 0) is 39.9 Å². The number of hydrogen-bond donors (Lipinski definition) is 1. The number of likely N-dealkylation sites (tertiary alicyclic amines) is 1. The number of rotatable bonds is 2. The van der Waals surface area contributed by atoms with Crippen molar-refractivity contribution in [3.05, 3.63) is 12.2 Å². The van der Waals surface area contributed by atoms with E-state index in [4.69, 9.17) is 0 Å². The molecule has 0 bridgehead atoms. The Morgan fingerprint density at radius 2 is 2.00 bits per heavy atom. The summed E-state index contributed by atoms with van der Waals surface area (Å²) in [6.45, 7) is 7.49. The zero-order valence-electron chi connectivity index (χ0n) is 8.47. The molecule has 0 aromatic carbocycles. The van der Waals surface area contributed by atoms with Gasteiger partial charge in [0.15, 0.2) is 0 Å². The first-order valence-corrected chi connectivity index (χ1v) is 4.74. The summed E-state index contributed by atoms with van der Waals surface area (Å²) >= 11 is 0. The van der Waals surface area contributed by atoms with Crippen molar-refractivity contribution in [2.45, 2.75) is 25.8 Å². The maximum atomic E-state index is 11.3. The van der Waals surface area contributed by atoms with Crippen LogP contribution in [0.5, 0.6) is 0 Å². The molecule has 1 fully saturated rings. The van der Waals surface area contributed by atoms with Crippen LogP contribution in [0.25, 0.3) is 0 Å². The van der Waals surface area contributed by atoms with Crippen LogP contribution in [-0.2, 0) is 4.79 Å². The Labute approximate surface area is 79.8 Å². The molecule has 0 spiro atoms. The van der Waals surface area contributed by atoms with Crippen LogP contribution in [0.4, 0.5) is 0 Å². The minimum absolute atomic E-state index is 0.00504. The van der Waals surface area contributed by atoms with Crippen molar-refractivity contribution in [1.82, 2.24) is 10.2 Å². The predicted octanol–water partition coefficient (Wildman–Crippen LogP) is 0.773. The Balaban J connectivity index is 2.30. The first-order valence-electron chi connectivity index (χ1n) is 4.74. The van der Waals surface area contributed by atoms with E-state index in [0.717, 1.165) is 25.9 Å². The summed E-state index contributed by atoms with van der Waals surface area (Å²) in [4.78, 5) is 13.5. The number of carbonyl (C=O) groups excluding carboxylic acids is 1. The van der Waals surface area contributed by atoms with Crippen LogP contribution < -0.4 is 5.32 Å². The van der Waals surface area contributed by atoms with E-state index < -0.39 is 0 Å². The van der Waals surface area contributed by atoms with Crippen LogP contribution in [-0.4, -0.2) is 37.0 Å². The molecule has 1 aliphatic rings. The van der Waals surface area contributed by atoms with E-state index in [1.54, 1.807) is 6.92 Å². The summed E-state index contributed by atoms with van der Waals surface area (Å²) in [6, 6.07) is 0.348. The zero-order valence-corrected chi connectivity index (χ0v) is 8.47. The lowest BCUT2D eigenvalue weighted by atomic mass is 10.1. The largest absolute Gasteiger partial charge is 0.350 e. The fourth-order valence-electron chi connectivity index (χ4n) is 1.46. The topological polar surface area (TPSA) is 32.3 Å². The molecule has 1 rings (SSSR count). The van der Waals surface area contributed by atoms with Crippen molar-refractivity contribution in [3.8, 4) is 0 Å². The van der Waals surface area contributed by atoms with Gasteiger partial charge in [-0.15, -0.1) is 0 Å². The smallest absolute Gasteiger partial charge is 0.246 e. The average molecular weight is 182 g/mol. The Bertz CT molecular complexity index is 205. The molecule has 1 amide bonds. The lowest BCUT2D eigenvalue weighted by Crippen LogP contribution is -2.43. The fourth-order valence-corrected chi connectivity index (χ4v) is 1.46. The lowest BCUT2D eigenvalue weighted by Gasteiger charge is -2.29. The molecule has 0 radical (unpaired) electrons. The van der Waals surface area contributed by atoms with E-state index in [9.17, 15) is 4.79 Å². The van der Waals surface area contributed by atoms with Crippen LogP contribution in [0.15, 0.2) is 12.2 Å². The third-order valence-electron chi connectivity index (χ3n) is 2.44. The molecule has 0 saturated carbocycles. The Morgan fingerprint density at radius 1 is 1.46 bits per heavy atom. The summed E-state index contributed by atoms with van der Waals surface area (Å²) in [6.07, 6.45) is 2.10. The average Bonchev–Trinajstić information content (AvgIpc) is 2.08. The Kier molecular flexibility index (Phi) is 3.48. The van der Waals surface area contributed by atoms with Gasteiger partial charge in [-0.2, -0.15) is 0 Å². The molecular formula is C10H18N2O. The van der Waals surface area contributed by atoms with Crippen molar-refractivity contribution < 1.29 is 4.79 Å². The summed E-state index contributed by atoms with van der Waals surface area (Å²) < 4.78 is 0. The Morgan fingerprint density at radius 3 is 2.46 bits per heavy atom. The third kappa shape index (κ3) is 3.19. The molecule has 1 heterocycles. The minimum Gasteiger partial charge on any atom is -0.350 e. The molecule has 74 valence electrons. The van der Waals surface area contributed by atoms with E-state index >= 15 is 0 Å². The molecule has 1 aliphatic heterocycles. The molecule has 0 aliphatic carbocycles. The minimum atomic E-state index is -0.00504. The number of hydrogen-bond acceptors (Lipinski definition) is 2. The molecule has 13 heavy (non-hydrogen) atoms. The Hall–Kier alpha value is -0.830. The highest BCUT2D eigenvalue weighted by Crippen LogP contribution is 2.08. The quantitative estimate of drug-likeness (QED) is 0.640. The van der Waals surface area contributed by atoms with Crippen LogP contribution in [0.3, 0.4) is 0 Å². The number of nitrogens with one attached hydrogen (secondary N) is 1. The molecule has 3 nitrogen and oxygen atoms in total. The summed E-state index contributed by atoms with van der Waals surface area (Å²) in [5.41, 5.74) is 0.596. The number of piperidine rings is 1. The number of amides is 1. The third-order valence-corrected chi connectivity index (χ3v) is 2.44. The lowest BCUT2D eigenvalue weighted by molar-refractivity contribution is -0.118. The van der Waals surface area contributed by atoms with Gasteiger partial charge in [0.2, 0.25) is 5.91 Å². The van der Waals surface area contributed by atoms with Crippen LogP contribution in [0, 0.1) is 0 Å². The van der Waals surface area contributed by atoms with Crippen LogP contribution in [0.1, 0.15) is 19.8 Å². The standard InChI is InChI=1S/C10H18N2O/c1-8(2)10(13)11-9-4-6-12(3)7-5-9/h9H,1,4-7H2,2-3H3,(H,11,13).